The molecule has 0 amide bonds. The highest BCUT2D eigenvalue weighted by Crippen LogP contribution is 2.25. The number of phenolic OH excluding ortho intramolecular Hbond substituents is 1. The third kappa shape index (κ3) is 3.08. The number of benzene rings is 2. The third-order valence-electron chi connectivity index (χ3n) is 3.34. The molecule has 2 rings (SSSR count). The van der Waals surface area contributed by atoms with E-state index in [1.54, 1.807) is 6.07 Å². The molecule has 0 aromatic heterocycles. The molecular formula is C17H20O2. The fraction of sp³-hybridized carbons (Fsp3) is 0.294. The first-order valence-corrected chi connectivity index (χ1v) is 6.76. The lowest BCUT2D eigenvalue weighted by atomic mass is 10.0. The van der Waals surface area contributed by atoms with Crippen molar-refractivity contribution < 1.29 is 9.84 Å². The van der Waals surface area contributed by atoms with Gasteiger partial charge in [0, 0.05) is 5.56 Å². The van der Waals surface area contributed by atoms with Gasteiger partial charge in [0.2, 0.25) is 0 Å². The maximum atomic E-state index is 9.74. The highest BCUT2D eigenvalue weighted by atomic mass is 16.5. The summed E-state index contributed by atoms with van der Waals surface area (Å²) in [5.41, 5.74) is 3.41. The summed E-state index contributed by atoms with van der Waals surface area (Å²) in [5.74, 6) is 1.21. The molecule has 19 heavy (non-hydrogen) atoms. The molecule has 1 N–H and O–H groups in total. The number of aromatic hydroxyl groups is 1. The van der Waals surface area contributed by atoms with Crippen LogP contribution in [0, 0.1) is 0 Å². The number of hydrogen-bond donors (Lipinski definition) is 1. The summed E-state index contributed by atoms with van der Waals surface area (Å²) < 4.78 is 5.88. The van der Waals surface area contributed by atoms with E-state index in [0.29, 0.717) is 6.61 Å². The van der Waals surface area contributed by atoms with Gasteiger partial charge in [0.05, 0.1) is 0 Å². The van der Waals surface area contributed by atoms with E-state index < -0.39 is 0 Å². The Hall–Kier alpha value is -1.96. The van der Waals surface area contributed by atoms with E-state index in [4.69, 9.17) is 4.74 Å². The van der Waals surface area contributed by atoms with E-state index in [9.17, 15) is 5.11 Å². The van der Waals surface area contributed by atoms with Crippen molar-refractivity contribution in [3.63, 3.8) is 0 Å². The Morgan fingerprint density at radius 2 is 1.63 bits per heavy atom. The number of phenols is 1. The van der Waals surface area contributed by atoms with Crippen LogP contribution in [0.2, 0.25) is 0 Å². The predicted octanol–water partition coefficient (Wildman–Crippen LogP) is 4.10. The van der Waals surface area contributed by atoms with Crippen molar-refractivity contribution >= 4 is 0 Å². The largest absolute Gasteiger partial charge is 0.508 e. The fourth-order valence-electron chi connectivity index (χ4n) is 2.27. The second kappa shape index (κ2) is 6.28. The zero-order chi connectivity index (χ0) is 13.7. The Kier molecular flexibility index (Phi) is 4.45. The van der Waals surface area contributed by atoms with Crippen molar-refractivity contribution in [1.82, 2.24) is 0 Å². The topological polar surface area (TPSA) is 29.5 Å². The van der Waals surface area contributed by atoms with Gasteiger partial charge in [0.1, 0.15) is 18.1 Å². The number of hydrogen-bond acceptors (Lipinski definition) is 2. The summed E-state index contributed by atoms with van der Waals surface area (Å²) in [4.78, 5) is 0. The minimum Gasteiger partial charge on any atom is -0.508 e. The van der Waals surface area contributed by atoms with Crippen LogP contribution >= 0.6 is 0 Å². The summed E-state index contributed by atoms with van der Waals surface area (Å²) in [7, 11) is 0. The summed E-state index contributed by atoms with van der Waals surface area (Å²) in [6.07, 6.45) is 1.97. The Balaban J connectivity index is 2.18. The molecule has 0 saturated carbocycles. The van der Waals surface area contributed by atoms with E-state index in [-0.39, 0.29) is 5.75 Å². The number of aryl methyl sites for hydroxylation is 1. The second-order valence-electron chi connectivity index (χ2n) is 4.52. The SMILES string of the molecule is CCc1cccc(OCc2ccccc2O)c1CC. The molecule has 100 valence electrons. The molecule has 0 aliphatic heterocycles. The van der Waals surface area contributed by atoms with Crippen LogP contribution in [0.1, 0.15) is 30.5 Å². The monoisotopic (exact) mass is 256 g/mol. The first-order chi connectivity index (χ1) is 9.26. The lowest BCUT2D eigenvalue weighted by Gasteiger charge is -2.14. The molecule has 0 spiro atoms. The van der Waals surface area contributed by atoms with Crippen LogP contribution in [0.25, 0.3) is 0 Å². The quantitative estimate of drug-likeness (QED) is 0.872. The predicted molar refractivity (Wildman–Crippen MR) is 77.6 cm³/mol. The Morgan fingerprint density at radius 3 is 2.32 bits per heavy atom. The molecule has 0 unspecified atom stereocenters. The molecule has 0 aliphatic carbocycles. The summed E-state index contributed by atoms with van der Waals surface area (Å²) in [5, 5.41) is 9.74. The van der Waals surface area contributed by atoms with Crippen LogP contribution in [-0.2, 0) is 19.4 Å². The Bertz CT molecular complexity index is 547. The number of ether oxygens (including phenoxy) is 1. The maximum Gasteiger partial charge on any atom is 0.123 e. The molecule has 0 radical (unpaired) electrons. The Labute approximate surface area is 114 Å². The highest BCUT2D eigenvalue weighted by molar-refractivity contribution is 5.41. The van der Waals surface area contributed by atoms with Crippen LogP contribution in [0.4, 0.5) is 0 Å². The number of rotatable bonds is 5. The van der Waals surface area contributed by atoms with Crippen molar-refractivity contribution in [3.05, 3.63) is 59.2 Å². The van der Waals surface area contributed by atoms with Crippen LogP contribution in [0.3, 0.4) is 0 Å². The van der Waals surface area contributed by atoms with Gasteiger partial charge in [-0.15, -0.1) is 0 Å². The van der Waals surface area contributed by atoms with Crippen molar-refractivity contribution in [2.75, 3.05) is 0 Å². The summed E-state index contributed by atoms with van der Waals surface area (Å²) in [6, 6.07) is 13.4. The van der Waals surface area contributed by atoms with Gasteiger partial charge in [-0.1, -0.05) is 44.2 Å². The average molecular weight is 256 g/mol. The normalized spacial score (nSPS) is 10.4. The molecule has 0 saturated heterocycles. The van der Waals surface area contributed by atoms with Gasteiger partial charge in [-0.3, -0.25) is 0 Å². The molecule has 2 heteroatoms. The first-order valence-electron chi connectivity index (χ1n) is 6.76. The smallest absolute Gasteiger partial charge is 0.123 e. The lowest BCUT2D eigenvalue weighted by molar-refractivity contribution is 0.296. The van der Waals surface area contributed by atoms with Crippen molar-refractivity contribution in [1.29, 1.82) is 0 Å². The van der Waals surface area contributed by atoms with Gasteiger partial charge in [0.25, 0.3) is 0 Å². The molecule has 0 heterocycles. The minimum atomic E-state index is 0.284. The lowest BCUT2D eigenvalue weighted by Crippen LogP contribution is -2.01. The summed E-state index contributed by atoms with van der Waals surface area (Å²) in [6.45, 7) is 4.69. The third-order valence-corrected chi connectivity index (χ3v) is 3.34. The van der Waals surface area contributed by atoms with E-state index in [1.165, 1.54) is 11.1 Å². The van der Waals surface area contributed by atoms with Crippen LogP contribution in [0.5, 0.6) is 11.5 Å². The molecule has 0 atom stereocenters. The first kappa shape index (κ1) is 13.5. The standard InChI is InChI=1S/C17H20O2/c1-3-13-9-7-11-17(15(13)4-2)19-12-14-8-5-6-10-16(14)18/h5-11,18H,3-4,12H2,1-2H3. The molecule has 0 bridgehead atoms. The van der Waals surface area contributed by atoms with Gasteiger partial charge in [-0.2, -0.15) is 0 Å². The van der Waals surface area contributed by atoms with Crippen molar-refractivity contribution in [2.24, 2.45) is 0 Å². The van der Waals surface area contributed by atoms with E-state index in [1.807, 2.05) is 30.3 Å². The van der Waals surface area contributed by atoms with Crippen molar-refractivity contribution in [2.45, 2.75) is 33.3 Å². The van der Waals surface area contributed by atoms with Crippen LogP contribution in [0.15, 0.2) is 42.5 Å². The van der Waals surface area contributed by atoms with Crippen LogP contribution < -0.4 is 4.74 Å². The summed E-state index contributed by atoms with van der Waals surface area (Å²) >= 11 is 0. The maximum absolute atomic E-state index is 9.74. The zero-order valence-corrected chi connectivity index (χ0v) is 11.5. The van der Waals surface area contributed by atoms with Gasteiger partial charge >= 0.3 is 0 Å². The molecule has 2 aromatic rings. The molecule has 2 aromatic carbocycles. The Morgan fingerprint density at radius 1 is 0.895 bits per heavy atom. The molecule has 0 aliphatic rings. The molecule has 2 nitrogen and oxygen atoms in total. The van der Waals surface area contributed by atoms with Gasteiger partial charge in [-0.05, 0) is 36.1 Å². The average Bonchev–Trinajstić information content (AvgIpc) is 2.45. The van der Waals surface area contributed by atoms with E-state index in [0.717, 1.165) is 24.2 Å². The van der Waals surface area contributed by atoms with E-state index >= 15 is 0 Å². The van der Waals surface area contributed by atoms with Crippen LogP contribution in [-0.4, -0.2) is 5.11 Å². The minimum absolute atomic E-state index is 0.284. The highest BCUT2D eigenvalue weighted by Gasteiger charge is 2.07. The number of para-hydroxylation sites is 1. The second-order valence-corrected chi connectivity index (χ2v) is 4.52. The van der Waals surface area contributed by atoms with Gasteiger partial charge in [-0.25, -0.2) is 0 Å². The van der Waals surface area contributed by atoms with Gasteiger partial charge < -0.3 is 9.84 Å². The van der Waals surface area contributed by atoms with E-state index in [2.05, 4.69) is 19.9 Å². The van der Waals surface area contributed by atoms with Crippen molar-refractivity contribution in [3.8, 4) is 11.5 Å². The fourth-order valence-corrected chi connectivity index (χ4v) is 2.27. The molecular weight excluding hydrogens is 236 g/mol. The zero-order valence-electron chi connectivity index (χ0n) is 11.5. The molecule has 0 fully saturated rings. The van der Waals surface area contributed by atoms with Gasteiger partial charge in [0.15, 0.2) is 0 Å².